The molecule has 0 atom stereocenters. The standard InChI is InChI=1S/C60H42N4/c1-60(2)52-29-17-15-27-48(52)49-32-31-42(37-53(49)60)51-36-46(38-55-56(51)50-28-16-18-30-54(50)64(55)47-25-13-6-14-26-47)59-62-57(41-23-11-5-12-24-41)61-58(63-59)45-34-43(39-19-7-3-8-20-39)33-44(35-45)40-21-9-4-10-22-40/h3-38H,1-2H3. The van der Waals surface area contributed by atoms with Crippen molar-refractivity contribution in [1.29, 1.82) is 0 Å². The van der Waals surface area contributed by atoms with Crippen LogP contribution in [0.15, 0.2) is 218 Å². The first kappa shape index (κ1) is 37.5. The maximum absolute atomic E-state index is 5.44. The molecule has 4 nitrogen and oxygen atoms in total. The number of rotatable bonds is 7. The quantitative estimate of drug-likeness (QED) is 0.161. The van der Waals surface area contributed by atoms with Crippen molar-refractivity contribution in [2.45, 2.75) is 19.3 Å². The summed E-state index contributed by atoms with van der Waals surface area (Å²) in [6, 6.07) is 77.9. The number of para-hydroxylation sites is 2. The maximum atomic E-state index is 5.44. The highest BCUT2D eigenvalue weighted by atomic mass is 15.0. The van der Waals surface area contributed by atoms with E-state index in [1.54, 1.807) is 0 Å². The molecule has 2 aromatic heterocycles. The van der Waals surface area contributed by atoms with Crippen molar-refractivity contribution < 1.29 is 0 Å². The van der Waals surface area contributed by atoms with E-state index < -0.39 is 0 Å². The zero-order valence-electron chi connectivity index (χ0n) is 35.6. The maximum Gasteiger partial charge on any atom is 0.164 e. The molecule has 0 saturated heterocycles. The van der Waals surface area contributed by atoms with E-state index in [2.05, 4.69) is 219 Å². The molecular formula is C60H42N4. The Morgan fingerprint density at radius 1 is 0.328 bits per heavy atom. The molecule has 0 spiro atoms. The van der Waals surface area contributed by atoms with Crippen LogP contribution in [-0.2, 0) is 5.41 Å². The van der Waals surface area contributed by atoms with Gasteiger partial charge in [0.05, 0.1) is 11.0 Å². The molecule has 0 N–H and O–H groups in total. The minimum Gasteiger partial charge on any atom is -0.309 e. The van der Waals surface area contributed by atoms with E-state index in [0.717, 1.165) is 66.8 Å². The molecule has 0 bridgehead atoms. The number of nitrogens with zero attached hydrogens (tertiary/aromatic N) is 4. The molecular weight excluding hydrogens is 777 g/mol. The number of hydrogen-bond donors (Lipinski definition) is 0. The molecule has 0 fully saturated rings. The fourth-order valence-corrected chi connectivity index (χ4v) is 9.88. The Hall–Kier alpha value is -8.21. The minimum atomic E-state index is -0.155. The van der Waals surface area contributed by atoms with Gasteiger partial charge in [0.2, 0.25) is 0 Å². The van der Waals surface area contributed by atoms with E-state index in [9.17, 15) is 0 Å². The summed E-state index contributed by atoms with van der Waals surface area (Å²) in [5.74, 6) is 1.84. The Balaban J connectivity index is 1.14. The van der Waals surface area contributed by atoms with E-state index >= 15 is 0 Å². The molecule has 1 aliphatic carbocycles. The van der Waals surface area contributed by atoms with Gasteiger partial charge in [-0.3, -0.25) is 0 Å². The smallest absolute Gasteiger partial charge is 0.164 e. The molecule has 11 aromatic rings. The van der Waals surface area contributed by atoms with Crippen LogP contribution in [-0.4, -0.2) is 19.5 Å². The van der Waals surface area contributed by atoms with Crippen LogP contribution in [0.4, 0.5) is 0 Å². The minimum absolute atomic E-state index is 0.155. The molecule has 9 aromatic carbocycles. The van der Waals surface area contributed by atoms with Crippen LogP contribution in [0.5, 0.6) is 0 Å². The molecule has 1 aliphatic rings. The normalized spacial score (nSPS) is 12.7. The van der Waals surface area contributed by atoms with Crippen molar-refractivity contribution in [3.8, 4) is 84.4 Å². The Morgan fingerprint density at radius 3 is 1.48 bits per heavy atom. The van der Waals surface area contributed by atoms with Crippen LogP contribution in [0.25, 0.3) is 106 Å². The molecule has 0 unspecified atom stereocenters. The van der Waals surface area contributed by atoms with Crippen molar-refractivity contribution in [3.63, 3.8) is 0 Å². The van der Waals surface area contributed by atoms with Gasteiger partial charge in [0.15, 0.2) is 17.5 Å². The van der Waals surface area contributed by atoms with E-state index in [0.29, 0.717) is 17.5 Å². The summed E-state index contributed by atoms with van der Waals surface area (Å²) >= 11 is 0. The lowest BCUT2D eigenvalue weighted by atomic mass is 9.81. The summed E-state index contributed by atoms with van der Waals surface area (Å²) in [6.07, 6.45) is 0. The number of fused-ring (bicyclic) bond motifs is 6. The second-order valence-corrected chi connectivity index (χ2v) is 17.2. The summed E-state index contributed by atoms with van der Waals surface area (Å²) in [5, 5.41) is 2.38. The van der Waals surface area contributed by atoms with E-state index in [4.69, 9.17) is 15.0 Å². The Labute approximate surface area is 372 Å². The van der Waals surface area contributed by atoms with Crippen molar-refractivity contribution in [2.75, 3.05) is 0 Å². The molecule has 0 radical (unpaired) electrons. The fraction of sp³-hybridized carbons (Fsp3) is 0.0500. The molecule has 302 valence electrons. The van der Waals surface area contributed by atoms with Crippen molar-refractivity contribution >= 4 is 21.8 Å². The highest BCUT2D eigenvalue weighted by molar-refractivity contribution is 6.17. The molecule has 0 amide bonds. The zero-order valence-corrected chi connectivity index (χ0v) is 35.6. The van der Waals surface area contributed by atoms with Crippen LogP contribution >= 0.6 is 0 Å². The van der Waals surface area contributed by atoms with Gasteiger partial charge < -0.3 is 4.57 Å². The van der Waals surface area contributed by atoms with Gasteiger partial charge in [0.1, 0.15) is 0 Å². The van der Waals surface area contributed by atoms with Gasteiger partial charge >= 0.3 is 0 Å². The van der Waals surface area contributed by atoms with Crippen LogP contribution < -0.4 is 0 Å². The van der Waals surface area contributed by atoms with Crippen LogP contribution in [0.2, 0.25) is 0 Å². The number of hydrogen-bond acceptors (Lipinski definition) is 3. The summed E-state index contributed by atoms with van der Waals surface area (Å²) in [7, 11) is 0. The summed E-state index contributed by atoms with van der Waals surface area (Å²) in [6.45, 7) is 4.70. The topological polar surface area (TPSA) is 43.6 Å². The Morgan fingerprint density at radius 2 is 0.828 bits per heavy atom. The number of benzene rings is 9. The molecule has 0 aliphatic heterocycles. The van der Waals surface area contributed by atoms with Crippen molar-refractivity contribution in [1.82, 2.24) is 19.5 Å². The van der Waals surface area contributed by atoms with Gasteiger partial charge in [-0.25, -0.2) is 15.0 Å². The molecule has 2 heterocycles. The van der Waals surface area contributed by atoms with Crippen LogP contribution in [0.1, 0.15) is 25.0 Å². The third-order valence-electron chi connectivity index (χ3n) is 13.0. The van der Waals surface area contributed by atoms with Gasteiger partial charge in [-0.1, -0.05) is 178 Å². The largest absolute Gasteiger partial charge is 0.309 e. The summed E-state index contributed by atoms with van der Waals surface area (Å²) in [5.41, 5.74) is 18.0. The third kappa shape index (κ3) is 6.26. The predicted octanol–water partition coefficient (Wildman–Crippen LogP) is 15.3. The van der Waals surface area contributed by atoms with Crippen LogP contribution in [0, 0.1) is 0 Å². The molecule has 0 saturated carbocycles. The number of aromatic nitrogens is 4. The van der Waals surface area contributed by atoms with Gasteiger partial charge in [0.25, 0.3) is 0 Å². The zero-order chi connectivity index (χ0) is 42.8. The van der Waals surface area contributed by atoms with Gasteiger partial charge in [-0.05, 0) is 110 Å². The van der Waals surface area contributed by atoms with E-state index in [-0.39, 0.29) is 5.41 Å². The Kier molecular flexibility index (Phi) is 8.80. The van der Waals surface area contributed by atoms with Gasteiger partial charge in [-0.15, -0.1) is 0 Å². The van der Waals surface area contributed by atoms with Crippen molar-refractivity contribution in [3.05, 3.63) is 230 Å². The lowest BCUT2D eigenvalue weighted by molar-refractivity contribution is 0.660. The highest BCUT2D eigenvalue weighted by Crippen LogP contribution is 2.51. The first-order valence-corrected chi connectivity index (χ1v) is 21.9. The monoisotopic (exact) mass is 818 g/mol. The van der Waals surface area contributed by atoms with E-state index in [1.165, 1.54) is 33.0 Å². The molecule has 4 heteroatoms. The lowest BCUT2D eigenvalue weighted by Gasteiger charge is -2.22. The lowest BCUT2D eigenvalue weighted by Crippen LogP contribution is -2.14. The molecule has 12 rings (SSSR count). The van der Waals surface area contributed by atoms with E-state index in [1.807, 2.05) is 18.2 Å². The average molecular weight is 819 g/mol. The SMILES string of the molecule is CC1(C)c2ccccc2-c2ccc(-c3cc(-c4nc(-c5ccccc5)nc(-c5cc(-c6ccccc6)cc(-c6ccccc6)c5)n4)cc4c3c3ccccc3n4-c3ccccc3)cc21. The van der Waals surface area contributed by atoms with Crippen LogP contribution in [0.3, 0.4) is 0 Å². The second-order valence-electron chi connectivity index (χ2n) is 17.2. The molecule has 64 heavy (non-hydrogen) atoms. The van der Waals surface area contributed by atoms with Gasteiger partial charge in [0, 0.05) is 38.6 Å². The van der Waals surface area contributed by atoms with Gasteiger partial charge in [-0.2, -0.15) is 0 Å². The summed E-state index contributed by atoms with van der Waals surface area (Å²) in [4.78, 5) is 16.0. The first-order valence-electron chi connectivity index (χ1n) is 21.9. The average Bonchev–Trinajstić information content (AvgIpc) is 3.82. The second kappa shape index (κ2) is 15.0. The third-order valence-corrected chi connectivity index (χ3v) is 13.0. The Bertz CT molecular complexity index is 3500. The predicted molar refractivity (Wildman–Crippen MR) is 264 cm³/mol. The van der Waals surface area contributed by atoms with Crippen molar-refractivity contribution in [2.24, 2.45) is 0 Å². The summed E-state index contributed by atoms with van der Waals surface area (Å²) < 4.78 is 2.39. The first-order chi connectivity index (χ1) is 31.5. The highest BCUT2D eigenvalue weighted by Gasteiger charge is 2.35. The fourth-order valence-electron chi connectivity index (χ4n) is 9.88.